The van der Waals surface area contributed by atoms with Crippen LogP contribution in [0, 0.1) is 0 Å². The Morgan fingerprint density at radius 2 is 1.72 bits per heavy atom. The Balaban J connectivity index is 1.38. The summed E-state index contributed by atoms with van der Waals surface area (Å²) >= 11 is 0. The van der Waals surface area contributed by atoms with E-state index < -0.39 is 0 Å². The highest BCUT2D eigenvalue weighted by Crippen LogP contribution is 2.21. The molecule has 1 aliphatic heterocycles. The monoisotopic (exact) mass is 438 g/mol. The number of aliphatic hydroxyl groups is 1. The second-order valence-corrected chi connectivity index (χ2v) is 8.64. The molecule has 0 aromatic heterocycles. The van der Waals surface area contributed by atoms with Gasteiger partial charge in [0.1, 0.15) is 5.75 Å². The van der Waals surface area contributed by atoms with Crippen LogP contribution in [-0.2, 0) is 13.1 Å². The predicted octanol–water partition coefficient (Wildman–Crippen LogP) is 3.51. The summed E-state index contributed by atoms with van der Waals surface area (Å²) < 4.78 is 5.24. The van der Waals surface area contributed by atoms with Gasteiger partial charge < -0.3 is 20.5 Å². The number of aliphatic imine (C=N–C) groups is 1. The summed E-state index contributed by atoms with van der Waals surface area (Å²) in [5, 5.41) is 16.5. The Bertz CT molecular complexity index is 828. The predicted molar refractivity (Wildman–Crippen MR) is 131 cm³/mol. The molecule has 32 heavy (non-hydrogen) atoms. The molecule has 1 fully saturated rings. The topological polar surface area (TPSA) is 69.1 Å². The molecule has 6 heteroatoms. The van der Waals surface area contributed by atoms with E-state index in [0.29, 0.717) is 5.92 Å². The van der Waals surface area contributed by atoms with Crippen molar-refractivity contribution in [3.63, 3.8) is 0 Å². The highest BCUT2D eigenvalue weighted by atomic mass is 16.5. The zero-order valence-corrected chi connectivity index (χ0v) is 19.7. The van der Waals surface area contributed by atoms with Crippen molar-refractivity contribution < 1.29 is 9.84 Å². The summed E-state index contributed by atoms with van der Waals surface area (Å²) in [6.07, 6.45) is 2.67. The Morgan fingerprint density at radius 3 is 2.34 bits per heavy atom. The van der Waals surface area contributed by atoms with Crippen molar-refractivity contribution >= 4 is 5.96 Å². The summed E-state index contributed by atoms with van der Waals surface area (Å²) in [6.45, 7) is 6.75. The minimum Gasteiger partial charge on any atom is -0.497 e. The molecule has 3 N–H and O–H groups in total. The van der Waals surface area contributed by atoms with E-state index in [4.69, 9.17) is 4.74 Å². The third-order valence-electron chi connectivity index (χ3n) is 6.22. The number of methoxy groups -OCH3 is 1. The zero-order valence-electron chi connectivity index (χ0n) is 19.7. The molecule has 2 aromatic carbocycles. The van der Waals surface area contributed by atoms with Crippen LogP contribution in [-0.4, -0.2) is 55.9 Å². The van der Waals surface area contributed by atoms with Crippen molar-refractivity contribution in [2.24, 2.45) is 4.99 Å². The first-order chi connectivity index (χ1) is 15.6. The average Bonchev–Trinajstić information content (AvgIpc) is 2.83. The lowest BCUT2D eigenvalue weighted by molar-refractivity contribution is 0.0792. The van der Waals surface area contributed by atoms with Crippen LogP contribution in [0.4, 0.5) is 0 Å². The quantitative estimate of drug-likeness (QED) is 0.413. The van der Waals surface area contributed by atoms with E-state index in [1.54, 1.807) is 14.2 Å². The highest BCUT2D eigenvalue weighted by molar-refractivity contribution is 5.79. The highest BCUT2D eigenvalue weighted by Gasteiger charge is 2.16. The van der Waals surface area contributed by atoms with Gasteiger partial charge in [0.2, 0.25) is 0 Å². The number of guanidine groups is 1. The fourth-order valence-corrected chi connectivity index (χ4v) is 4.01. The summed E-state index contributed by atoms with van der Waals surface area (Å²) in [4.78, 5) is 6.76. The molecule has 1 aliphatic rings. The molecule has 2 aromatic rings. The van der Waals surface area contributed by atoms with E-state index in [9.17, 15) is 5.11 Å². The first kappa shape index (κ1) is 24.1. The van der Waals surface area contributed by atoms with Crippen LogP contribution in [0.25, 0.3) is 0 Å². The maximum atomic E-state index is 9.65. The lowest BCUT2D eigenvalue weighted by atomic mass is 9.98. The molecule has 1 heterocycles. The van der Waals surface area contributed by atoms with E-state index in [1.807, 2.05) is 12.1 Å². The van der Waals surface area contributed by atoms with Gasteiger partial charge in [0.15, 0.2) is 5.96 Å². The van der Waals surface area contributed by atoms with Gasteiger partial charge in [-0.25, -0.2) is 0 Å². The number of ether oxygens (including phenoxy) is 1. The number of aliphatic hydroxyl groups excluding tert-OH is 1. The number of nitrogens with one attached hydrogen (secondary N) is 2. The second-order valence-electron chi connectivity index (χ2n) is 8.64. The number of nitrogens with zero attached hydrogens (tertiary/aromatic N) is 2. The molecule has 0 spiro atoms. The van der Waals surface area contributed by atoms with Gasteiger partial charge in [-0.2, -0.15) is 0 Å². The Morgan fingerprint density at radius 1 is 1.06 bits per heavy atom. The van der Waals surface area contributed by atoms with Crippen LogP contribution in [0.5, 0.6) is 5.75 Å². The second kappa shape index (κ2) is 12.5. The van der Waals surface area contributed by atoms with Gasteiger partial charge in [0.05, 0.1) is 13.2 Å². The zero-order chi connectivity index (χ0) is 22.8. The Kier molecular flexibility index (Phi) is 9.38. The fraction of sp³-hybridized carbons (Fsp3) is 0.500. The number of hydrogen-bond donors (Lipinski definition) is 3. The van der Waals surface area contributed by atoms with E-state index in [2.05, 4.69) is 63.8 Å². The summed E-state index contributed by atoms with van der Waals surface area (Å²) in [7, 11) is 3.50. The fourth-order valence-electron chi connectivity index (χ4n) is 4.01. The van der Waals surface area contributed by atoms with Gasteiger partial charge in [-0.1, -0.05) is 43.3 Å². The first-order valence-electron chi connectivity index (χ1n) is 11.6. The third kappa shape index (κ3) is 7.53. The number of hydrogen-bond acceptors (Lipinski definition) is 4. The molecule has 1 unspecified atom stereocenters. The molecule has 0 amide bonds. The molecule has 3 rings (SSSR count). The SMILES string of the molecule is CN=C(NCCC(C)c1ccc(OC)cc1)NCc1ccc(CN2CCC(O)CC2)cc1. The molecule has 0 radical (unpaired) electrons. The van der Waals surface area contributed by atoms with Gasteiger partial charge in [0.25, 0.3) is 0 Å². The maximum absolute atomic E-state index is 9.65. The smallest absolute Gasteiger partial charge is 0.191 e. The van der Waals surface area contributed by atoms with Crippen LogP contribution in [0.15, 0.2) is 53.5 Å². The number of likely N-dealkylation sites (tertiary alicyclic amines) is 1. The van der Waals surface area contributed by atoms with Gasteiger partial charge in [0, 0.05) is 39.8 Å². The molecule has 6 nitrogen and oxygen atoms in total. The minimum atomic E-state index is -0.117. The van der Waals surface area contributed by atoms with Crippen molar-refractivity contribution in [3.05, 3.63) is 65.2 Å². The molecule has 174 valence electrons. The van der Waals surface area contributed by atoms with E-state index in [0.717, 1.165) is 63.7 Å². The largest absolute Gasteiger partial charge is 0.497 e. The molecule has 0 saturated carbocycles. The van der Waals surface area contributed by atoms with Crippen LogP contribution in [0.1, 0.15) is 48.8 Å². The lowest BCUT2D eigenvalue weighted by Gasteiger charge is -2.29. The molecule has 1 saturated heterocycles. The van der Waals surface area contributed by atoms with Crippen molar-refractivity contribution in [2.75, 3.05) is 33.8 Å². The Labute approximate surface area is 192 Å². The van der Waals surface area contributed by atoms with Crippen LogP contribution < -0.4 is 15.4 Å². The van der Waals surface area contributed by atoms with Gasteiger partial charge >= 0.3 is 0 Å². The van der Waals surface area contributed by atoms with E-state index in [-0.39, 0.29) is 6.10 Å². The summed E-state index contributed by atoms with van der Waals surface area (Å²) in [5.41, 5.74) is 3.87. The summed E-state index contributed by atoms with van der Waals surface area (Å²) in [5.74, 6) is 2.17. The van der Waals surface area contributed by atoms with Crippen LogP contribution in [0.2, 0.25) is 0 Å². The lowest BCUT2D eigenvalue weighted by Crippen LogP contribution is -2.37. The Hall–Kier alpha value is -2.57. The van der Waals surface area contributed by atoms with Crippen LogP contribution >= 0.6 is 0 Å². The van der Waals surface area contributed by atoms with Gasteiger partial charge in [-0.3, -0.25) is 9.89 Å². The molecular weight excluding hydrogens is 400 g/mol. The van der Waals surface area contributed by atoms with Crippen LogP contribution in [0.3, 0.4) is 0 Å². The number of benzene rings is 2. The average molecular weight is 439 g/mol. The van der Waals surface area contributed by atoms with E-state index >= 15 is 0 Å². The summed E-state index contributed by atoms with van der Waals surface area (Å²) in [6, 6.07) is 17.1. The van der Waals surface area contributed by atoms with Crippen molar-refractivity contribution in [2.45, 2.75) is 51.3 Å². The first-order valence-corrected chi connectivity index (χ1v) is 11.6. The van der Waals surface area contributed by atoms with Gasteiger partial charge in [-0.05, 0) is 54.0 Å². The molecule has 0 aliphatic carbocycles. The van der Waals surface area contributed by atoms with Gasteiger partial charge in [-0.15, -0.1) is 0 Å². The molecule has 0 bridgehead atoms. The molecular formula is C26H38N4O2. The van der Waals surface area contributed by atoms with Crippen molar-refractivity contribution in [1.29, 1.82) is 0 Å². The van der Waals surface area contributed by atoms with E-state index in [1.165, 1.54) is 16.7 Å². The molecule has 1 atom stereocenters. The number of rotatable bonds is 9. The standard InChI is InChI=1S/C26H38N4O2/c1-20(23-8-10-25(32-3)11-9-23)12-15-28-26(27-2)29-18-21-4-6-22(7-5-21)19-30-16-13-24(31)14-17-30/h4-11,20,24,31H,12-19H2,1-3H3,(H2,27,28,29). The normalized spacial score (nSPS) is 16.6. The minimum absolute atomic E-state index is 0.117. The number of piperidine rings is 1. The van der Waals surface area contributed by atoms with Crippen molar-refractivity contribution in [1.82, 2.24) is 15.5 Å². The maximum Gasteiger partial charge on any atom is 0.191 e. The van der Waals surface area contributed by atoms with Crippen molar-refractivity contribution in [3.8, 4) is 5.75 Å². The third-order valence-corrected chi connectivity index (χ3v) is 6.22.